The lowest BCUT2D eigenvalue weighted by molar-refractivity contribution is -0.0953. The maximum Gasteiger partial charge on any atom is 0.412 e. The summed E-state index contributed by atoms with van der Waals surface area (Å²) in [7, 11) is 0. The second-order valence-electron chi connectivity index (χ2n) is 5.82. The van der Waals surface area contributed by atoms with Crippen LogP contribution in [0.15, 0.2) is 40.3 Å². The maximum absolute atomic E-state index is 14.4. The van der Waals surface area contributed by atoms with Gasteiger partial charge in [0, 0.05) is 35.3 Å². The molecular weight excluding hydrogens is 426 g/mol. The molecule has 1 heterocycles. The lowest BCUT2D eigenvalue weighted by Gasteiger charge is -2.26. The quantitative estimate of drug-likeness (QED) is 0.365. The predicted molar refractivity (Wildman–Crippen MR) is 99.0 cm³/mol. The highest BCUT2D eigenvalue weighted by Crippen LogP contribution is 2.36. The second-order valence-corrected chi connectivity index (χ2v) is 8.30. The third kappa shape index (κ3) is 5.07. The first-order valence-corrected chi connectivity index (χ1v) is 10.2. The molecule has 0 radical (unpaired) electrons. The van der Waals surface area contributed by atoms with Crippen molar-refractivity contribution in [3.8, 4) is 0 Å². The summed E-state index contributed by atoms with van der Waals surface area (Å²) in [6.07, 6.45) is -1.17. The number of allylic oxidation sites excluding steroid dienone is 1. The van der Waals surface area contributed by atoms with Crippen molar-refractivity contribution < 1.29 is 22.1 Å². The standard InChI is InChI=1S/C16H14ClF4N3OS2/c17-11-7-14(27(25)24-15-22-4-5-26-15)12(18)8-13(11)23-10-3-1-2-9(6-10)16(19,20)21/h2,4-5,7-8,10,23H,1,3,6H2,(H,22,24). The third-order valence-corrected chi connectivity index (χ3v) is 6.15. The Morgan fingerprint density at radius 1 is 1.33 bits per heavy atom. The van der Waals surface area contributed by atoms with Crippen molar-refractivity contribution in [3.63, 3.8) is 0 Å². The number of anilines is 2. The van der Waals surface area contributed by atoms with Gasteiger partial charge in [0.1, 0.15) is 11.4 Å². The van der Waals surface area contributed by atoms with Crippen molar-refractivity contribution >= 4 is 45.1 Å². The number of nitrogens with zero attached hydrogens (tertiary/aromatic N) is 1. The van der Waals surface area contributed by atoms with Crippen molar-refractivity contribution in [2.75, 3.05) is 10.0 Å². The van der Waals surface area contributed by atoms with Gasteiger partial charge in [0.15, 0.2) is 5.82 Å². The fourth-order valence-electron chi connectivity index (χ4n) is 2.67. The van der Waals surface area contributed by atoms with Crippen LogP contribution in [0.2, 0.25) is 5.02 Å². The molecule has 1 aromatic carbocycles. The van der Waals surface area contributed by atoms with Crippen LogP contribution in [0.1, 0.15) is 19.3 Å². The van der Waals surface area contributed by atoms with E-state index in [0.29, 0.717) is 11.6 Å². The van der Waals surface area contributed by atoms with Gasteiger partial charge in [-0.3, -0.25) is 0 Å². The lowest BCUT2D eigenvalue weighted by atomic mass is 9.94. The Morgan fingerprint density at radius 3 is 2.78 bits per heavy atom. The van der Waals surface area contributed by atoms with E-state index < -0.39 is 35.0 Å². The molecular formula is C16H14ClF4N3OS2. The highest BCUT2D eigenvalue weighted by atomic mass is 35.5. The van der Waals surface area contributed by atoms with Gasteiger partial charge in [-0.2, -0.15) is 17.9 Å². The number of thiazole rings is 1. The summed E-state index contributed by atoms with van der Waals surface area (Å²) in [5.74, 6) is -0.785. The normalized spacial score (nSPS) is 18.7. The lowest BCUT2D eigenvalue weighted by Crippen LogP contribution is -2.27. The van der Waals surface area contributed by atoms with Crippen molar-refractivity contribution in [2.45, 2.75) is 36.4 Å². The molecule has 1 aliphatic rings. The van der Waals surface area contributed by atoms with Crippen LogP contribution in [0.5, 0.6) is 0 Å². The van der Waals surface area contributed by atoms with E-state index in [2.05, 4.69) is 15.0 Å². The number of hydrogen-bond acceptors (Lipinski definition) is 5. The predicted octanol–water partition coefficient (Wildman–Crippen LogP) is 5.52. The first-order valence-electron chi connectivity index (χ1n) is 7.84. The Morgan fingerprint density at radius 2 is 2.11 bits per heavy atom. The fraction of sp³-hybridized carbons (Fsp3) is 0.312. The highest BCUT2D eigenvalue weighted by molar-refractivity contribution is 7.93. The average molecular weight is 440 g/mol. The van der Waals surface area contributed by atoms with Crippen molar-refractivity contribution in [3.05, 3.63) is 46.2 Å². The van der Waals surface area contributed by atoms with Gasteiger partial charge in [-0.15, -0.1) is 11.3 Å². The molecule has 1 aliphatic carbocycles. The maximum atomic E-state index is 14.4. The first kappa shape index (κ1) is 20.2. The van der Waals surface area contributed by atoms with Gasteiger partial charge in [-0.1, -0.05) is 17.7 Å². The molecule has 3 rings (SSSR count). The van der Waals surface area contributed by atoms with Gasteiger partial charge in [-0.25, -0.2) is 9.37 Å². The first-order chi connectivity index (χ1) is 12.7. The van der Waals surface area contributed by atoms with Crippen molar-refractivity contribution in [2.24, 2.45) is 0 Å². The largest absolute Gasteiger partial charge is 0.588 e. The van der Waals surface area contributed by atoms with Crippen LogP contribution in [0, 0.1) is 5.82 Å². The molecule has 4 nitrogen and oxygen atoms in total. The van der Waals surface area contributed by atoms with Gasteiger partial charge >= 0.3 is 6.18 Å². The van der Waals surface area contributed by atoms with Crippen molar-refractivity contribution in [1.29, 1.82) is 0 Å². The summed E-state index contributed by atoms with van der Waals surface area (Å²) in [5, 5.41) is 4.97. The minimum absolute atomic E-state index is 0.0730. The van der Waals surface area contributed by atoms with Crippen LogP contribution in [-0.2, 0) is 11.4 Å². The molecule has 0 aliphatic heterocycles. The molecule has 0 amide bonds. The van der Waals surface area contributed by atoms with Crippen LogP contribution in [0.4, 0.5) is 28.4 Å². The summed E-state index contributed by atoms with van der Waals surface area (Å²) >= 11 is 5.42. The molecule has 0 bridgehead atoms. The number of rotatable bonds is 5. The monoisotopic (exact) mass is 439 g/mol. The van der Waals surface area contributed by atoms with Gasteiger partial charge in [0.25, 0.3) is 0 Å². The third-order valence-electron chi connectivity index (χ3n) is 3.93. The molecule has 27 heavy (non-hydrogen) atoms. The van der Waals surface area contributed by atoms with Crippen LogP contribution in [0.25, 0.3) is 0 Å². The summed E-state index contributed by atoms with van der Waals surface area (Å²) in [6.45, 7) is 0. The zero-order valence-electron chi connectivity index (χ0n) is 13.6. The molecule has 0 fully saturated rings. The molecule has 1 aromatic heterocycles. The Bertz CT molecular complexity index is 830. The SMILES string of the molecule is [O-][S+](Nc1nccs1)c1cc(Cl)c(NC2CCC=C(C(F)(F)F)C2)cc1F. The molecule has 2 aromatic rings. The van der Waals surface area contributed by atoms with E-state index in [0.717, 1.165) is 6.07 Å². The summed E-state index contributed by atoms with van der Waals surface area (Å²) in [4.78, 5) is 3.74. The van der Waals surface area contributed by atoms with E-state index in [9.17, 15) is 22.1 Å². The van der Waals surface area contributed by atoms with Crippen molar-refractivity contribution in [1.82, 2.24) is 4.98 Å². The summed E-state index contributed by atoms with van der Waals surface area (Å²) < 4.78 is 67.8. The Kier molecular flexibility index (Phi) is 6.19. The molecule has 2 atom stereocenters. The molecule has 2 unspecified atom stereocenters. The number of halogens is 5. The van der Waals surface area contributed by atoms with Gasteiger partial charge in [-0.05, 0) is 19.3 Å². The van der Waals surface area contributed by atoms with E-state index in [1.54, 1.807) is 5.38 Å². The molecule has 0 spiro atoms. The summed E-state index contributed by atoms with van der Waals surface area (Å²) in [5.41, 5.74) is -0.439. The number of hydrogen-bond donors (Lipinski definition) is 2. The zero-order valence-corrected chi connectivity index (χ0v) is 16.0. The molecule has 0 saturated carbocycles. The highest BCUT2D eigenvalue weighted by Gasteiger charge is 2.36. The Balaban J connectivity index is 1.72. The molecule has 11 heteroatoms. The number of benzene rings is 1. The van der Waals surface area contributed by atoms with E-state index in [-0.39, 0.29) is 28.4 Å². The van der Waals surface area contributed by atoms with Gasteiger partial charge in [0.05, 0.1) is 10.7 Å². The molecule has 146 valence electrons. The van der Waals surface area contributed by atoms with Crippen LogP contribution in [0.3, 0.4) is 0 Å². The minimum atomic E-state index is -4.38. The topological polar surface area (TPSA) is 60.0 Å². The smallest absolute Gasteiger partial charge is 0.412 e. The van der Waals surface area contributed by atoms with Crippen LogP contribution >= 0.6 is 22.9 Å². The molecule has 0 saturated heterocycles. The summed E-state index contributed by atoms with van der Waals surface area (Å²) in [6, 6.07) is 1.72. The van der Waals surface area contributed by atoms with Gasteiger partial charge in [0.2, 0.25) is 10.0 Å². The van der Waals surface area contributed by atoms with E-state index >= 15 is 0 Å². The molecule has 2 N–H and O–H groups in total. The number of alkyl halides is 3. The van der Waals surface area contributed by atoms with Gasteiger partial charge < -0.3 is 9.87 Å². The minimum Gasteiger partial charge on any atom is -0.588 e. The van der Waals surface area contributed by atoms with Crippen LogP contribution in [-0.4, -0.2) is 21.8 Å². The zero-order chi connectivity index (χ0) is 19.6. The fourth-order valence-corrected chi connectivity index (χ4v) is 4.53. The number of aromatic nitrogens is 1. The van der Waals surface area contributed by atoms with E-state index in [1.165, 1.54) is 29.7 Å². The second kappa shape index (κ2) is 8.26. The Labute approximate surface area is 165 Å². The Hall–Kier alpha value is -1.49. The van der Waals surface area contributed by atoms with E-state index in [1.807, 2.05) is 0 Å². The van der Waals surface area contributed by atoms with E-state index in [4.69, 9.17) is 11.6 Å². The number of nitrogens with one attached hydrogen (secondary N) is 2. The van der Waals surface area contributed by atoms with Crippen LogP contribution < -0.4 is 10.0 Å². The average Bonchev–Trinajstić information content (AvgIpc) is 3.10.